The molecule has 142 valence electrons. The minimum Gasteiger partial charge on any atom is -0.357 e. The van der Waals surface area contributed by atoms with E-state index in [0.717, 1.165) is 31.4 Å². The van der Waals surface area contributed by atoms with Gasteiger partial charge in [-0.2, -0.15) is 0 Å². The summed E-state index contributed by atoms with van der Waals surface area (Å²) in [6, 6.07) is 10.8. The van der Waals surface area contributed by atoms with Crippen LogP contribution in [0.1, 0.15) is 44.5 Å². The maximum Gasteiger partial charge on any atom is 0.191 e. The number of nitrogens with zero attached hydrogens (tertiary/aromatic N) is 4. The summed E-state index contributed by atoms with van der Waals surface area (Å²) in [4.78, 5) is 4.69. The molecule has 6 nitrogen and oxygen atoms in total. The van der Waals surface area contributed by atoms with E-state index >= 15 is 0 Å². The van der Waals surface area contributed by atoms with Crippen molar-refractivity contribution in [1.29, 1.82) is 0 Å². The molecule has 0 aliphatic heterocycles. The molecule has 3 rings (SSSR count). The number of halogens is 1. The van der Waals surface area contributed by atoms with Crippen molar-refractivity contribution in [1.82, 2.24) is 25.4 Å². The summed E-state index contributed by atoms with van der Waals surface area (Å²) in [7, 11) is 0. The first kappa shape index (κ1) is 20.7. The van der Waals surface area contributed by atoms with E-state index in [1.165, 1.54) is 24.8 Å². The number of aromatic nitrogens is 3. The molecule has 1 fully saturated rings. The fraction of sp³-hybridized carbons (Fsp3) is 0.526. The zero-order valence-electron chi connectivity index (χ0n) is 15.6. The van der Waals surface area contributed by atoms with E-state index in [-0.39, 0.29) is 29.4 Å². The van der Waals surface area contributed by atoms with Gasteiger partial charge in [0, 0.05) is 25.0 Å². The summed E-state index contributed by atoms with van der Waals surface area (Å²) in [5.74, 6) is 1.73. The Balaban J connectivity index is 0.00000243. The van der Waals surface area contributed by atoms with E-state index in [1.807, 2.05) is 4.57 Å². The average molecular weight is 468 g/mol. The van der Waals surface area contributed by atoms with Crippen LogP contribution in [-0.4, -0.2) is 33.8 Å². The summed E-state index contributed by atoms with van der Waals surface area (Å²) in [6.45, 7) is 7.30. The van der Waals surface area contributed by atoms with Crippen LogP contribution in [0.4, 0.5) is 0 Å². The normalized spacial score (nSPS) is 15.7. The highest BCUT2D eigenvalue weighted by atomic mass is 127. The Morgan fingerprint density at radius 3 is 2.58 bits per heavy atom. The summed E-state index contributed by atoms with van der Waals surface area (Å²) in [5, 5.41) is 15.0. The Kier molecular flexibility index (Phi) is 7.86. The molecule has 2 aromatic rings. The first-order chi connectivity index (χ1) is 12.3. The molecule has 1 aromatic carbocycles. The van der Waals surface area contributed by atoms with Gasteiger partial charge >= 0.3 is 0 Å². The van der Waals surface area contributed by atoms with Crippen LogP contribution in [0.15, 0.2) is 41.7 Å². The van der Waals surface area contributed by atoms with Crippen LogP contribution in [0.25, 0.3) is 0 Å². The number of aliphatic imine (C=N–C) groups is 1. The second-order valence-electron chi connectivity index (χ2n) is 6.58. The lowest BCUT2D eigenvalue weighted by molar-refractivity contribution is 0.244. The lowest BCUT2D eigenvalue weighted by Crippen LogP contribution is -2.48. The number of nitrogens with one attached hydrogen (secondary N) is 2. The van der Waals surface area contributed by atoms with Gasteiger partial charge in [-0.3, -0.25) is 0 Å². The van der Waals surface area contributed by atoms with Crippen molar-refractivity contribution in [2.75, 3.05) is 13.1 Å². The van der Waals surface area contributed by atoms with Gasteiger partial charge in [-0.05, 0) is 32.3 Å². The molecular formula is C19H29IN6. The van der Waals surface area contributed by atoms with Crippen LogP contribution in [0.5, 0.6) is 0 Å². The van der Waals surface area contributed by atoms with E-state index in [0.29, 0.717) is 6.54 Å². The number of aryl methyl sites for hydroxylation is 1. The molecule has 1 saturated carbocycles. The van der Waals surface area contributed by atoms with E-state index in [4.69, 9.17) is 4.99 Å². The predicted octanol–water partition coefficient (Wildman–Crippen LogP) is 3.09. The third-order valence-corrected chi connectivity index (χ3v) is 5.05. The van der Waals surface area contributed by atoms with E-state index < -0.39 is 0 Å². The van der Waals surface area contributed by atoms with E-state index in [1.54, 1.807) is 6.33 Å². The van der Waals surface area contributed by atoms with Crippen LogP contribution in [0.3, 0.4) is 0 Å². The number of benzene rings is 1. The monoisotopic (exact) mass is 468 g/mol. The number of hydrogen-bond acceptors (Lipinski definition) is 3. The topological polar surface area (TPSA) is 67.1 Å². The van der Waals surface area contributed by atoms with Crippen molar-refractivity contribution < 1.29 is 0 Å². The van der Waals surface area contributed by atoms with E-state index in [9.17, 15) is 0 Å². The average Bonchev–Trinajstić information content (AvgIpc) is 3.07. The fourth-order valence-corrected chi connectivity index (χ4v) is 3.37. The molecule has 1 aliphatic rings. The Labute approximate surface area is 172 Å². The second-order valence-corrected chi connectivity index (χ2v) is 6.58. The molecule has 0 bridgehead atoms. The molecule has 7 heteroatoms. The van der Waals surface area contributed by atoms with Crippen LogP contribution in [0, 0.1) is 0 Å². The minimum atomic E-state index is 0. The van der Waals surface area contributed by atoms with Crippen LogP contribution in [0.2, 0.25) is 0 Å². The van der Waals surface area contributed by atoms with Gasteiger partial charge in [-0.25, -0.2) is 4.99 Å². The molecule has 26 heavy (non-hydrogen) atoms. The van der Waals surface area contributed by atoms with Crippen LogP contribution in [-0.2, 0) is 18.5 Å². The molecule has 0 radical (unpaired) electrons. The summed E-state index contributed by atoms with van der Waals surface area (Å²) < 4.78 is 2.02. The number of hydrogen-bond donors (Lipinski definition) is 2. The molecule has 0 atom stereocenters. The van der Waals surface area contributed by atoms with Crippen molar-refractivity contribution in [2.24, 2.45) is 4.99 Å². The molecule has 1 aromatic heterocycles. The molecular weight excluding hydrogens is 439 g/mol. The Bertz CT molecular complexity index is 693. The van der Waals surface area contributed by atoms with Gasteiger partial charge in [-0.1, -0.05) is 36.8 Å². The standard InChI is InChI=1S/C19H28N6.HI/c1-3-20-18(21-13-17-24-23-15-25(17)4-2)22-14-19(11-8-12-19)16-9-6-5-7-10-16;/h5-7,9-10,15H,3-4,8,11-14H2,1-2H3,(H2,20,21,22);1H. The van der Waals surface area contributed by atoms with Gasteiger partial charge in [0.25, 0.3) is 0 Å². The minimum absolute atomic E-state index is 0. The van der Waals surface area contributed by atoms with Gasteiger partial charge in [0.05, 0.1) is 0 Å². The van der Waals surface area contributed by atoms with Crippen molar-refractivity contribution in [3.8, 4) is 0 Å². The van der Waals surface area contributed by atoms with Gasteiger partial charge in [0.1, 0.15) is 12.9 Å². The first-order valence-corrected chi connectivity index (χ1v) is 9.22. The molecule has 2 N–H and O–H groups in total. The summed E-state index contributed by atoms with van der Waals surface area (Å²) in [6.07, 6.45) is 5.51. The Morgan fingerprint density at radius 1 is 1.19 bits per heavy atom. The third-order valence-electron chi connectivity index (χ3n) is 5.05. The number of guanidine groups is 1. The number of rotatable bonds is 7. The summed E-state index contributed by atoms with van der Waals surface area (Å²) >= 11 is 0. The van der Waals surface area contributed by atoms with Crippen molar-refractivity contribution in [3.05, 3.63) is 48.0 Å². The molecule has 0 saturated heterocycles. The SMILES string of the molecule is CCNC(=NCc1nncn1CC)NCC1(c2ccccc2)CCC1.I. The molecule has 0 amide bonds. The Hall–Kier alpha value is -1.64. The lowest BCUT2D eigenvalue weighted by Gasteiger charge is -2.43. The molecule has 1 aliphatic carbocycles. The van der Waals surface area contributed by atoms with Gasteiger partial charge in [0.2, 0.25) is 0 Å². The fourth-order valence-electron chi connectivity index (χ4n) is 3.37. The maximum atomic E-state index is 4.69. The smallest absolute Gasteiger partial charge is 0.191 e. The van der Waals surface area contributed by atoms with Crippen molar-refractivity contribution >= 4 is 29.9 Å². The van der Waals surface area contributed by atoms with Crippen LogP contribution >= 0.6 is 24.0 Å². The predicted molar refractivity (Wildman–Crippen MR) is 116 cm³/mol. The molecule has 0 spiro atoms. The first-order valence-electron chi connectivity index (χ1n) is 9.22. The van der Waals surface area contributed by atoms with Crippen molar-refractivity contribution in [3.63, 3.8) is 0 Å². The quantitative estimate of drug-likeness (QED) is 0.373. The zero-order valence-corrected chi connectivity index (χ0v) is 17.9. The Morgan fingerprint density at radius 2 is 1.96 bits per heavy atom. The van der Waals surface area contributed by atoms with Gasteiger partial charge in [0.15, 0.2) is 11.8 Å². The van der Waals surface area contributed by atoms with Crippen molar-refractivity contribution in [2.45, 2.75) is 51.6 Å². The van der Waals surface area contributed by atoms with Gasteiger partial charge < -0.3 is 15.2 Å². The highest BCUT2D eigenvalue weighted by Crippen LogP contribution is 2.43. The molecule has 1 heterocycles. The van der Waals surface area contributed by atoms with Crippen LogP contribution < -0.4 is 10.6 Å². The highest BCUT2D eigenvalue weighted by molar-refractivity contribution is 14.0. The summed E-state index contributed by atoms with van der Waals surface area (Å²) in [5.41, 5.74) is 1.66. The largest absolute Gasteiger partial charge is 0.357 e. The second kappa shape index (κ2) is 9.89. The lowest BCUT2D eigenvalue weighted by atomic mass is 9.64. The third kappa shape index (κ3) is 4.75. The van der Waals surface area contributed by atoms with Gasteiger partial charge in [-0.15, -0.1) is 34.2 Å². The highest BCUT2D eigenvalue weighted by Gasteiger charge is 2.38. The zero-order chi connectivity index (χ0) is 17.5. The van der Waals surface area contributed by atoms with E-state index in [2.05, 4.69) is 65.0 Å². The maximum absolute atomic E-state index is 4.69. The molecule has 0 unspecified atom stereocenters.